The lowest BCUT2D eigenvalue weighted by Gasteiger charge is -2.31. The van der Waals surface area contributed by atoms with Crippen molar-refractivity contribution in [3.05, 3.63) is 51.5 Å². The number of aryl methyl sites for hydroxylation is 1. The Bertz CT molecular complexity index is 980. The molecule has 0 N–H and O–H groups in total. The Morgan fingerprint density at radius 3 is 2.48 bits per heavy atom. The van der Waals surface area contributed by atoms with Crippen LogP contribution in [0.5, 0.6) is 11.5 Å². The summed E-state index contributed by atoms with van der Waals surface area (Å²) in [6.45, 7) is 2.30. The van der Waals surface area contributed by atoms with Crippen molar-refractivity contribution in [3.63, 3.8) is 0 Å². The molecule has 0 unspecified atom stereocenters. The first kappa shape index (κ1) is 19.7. The molecule has 1 aliphatic heterocycles. The highest BCUT2D eigenvalue weighted by Gasteiger charge is 2.30. The van der Waals surface area contributed by atoms with Crippen LogP contribution in [-0.4, -0.2) is 39.0 Å². The van der Waals surface area contributed by atoms with E-state index < -0.39 is 15.6 Å². The van der Waals surface area contributed by atoms with E-state index in [9.17, 15) is 13.2 Å². The van der Waals surface area contributed by atoms with Gasteiger partial charge in [-0.05, 0) is 38.0 Å². The standard InChI is InChI=1S/C18H20ClNO6S/c1-12-9-14(10-18(21)25-12)26-13-5-7-20(8-6-13)27(22,23)15-3-4-17(24-2)16(19)11-15/h3-4,9-11,13H,5-8H2,1-2H3. The van der Waals surface area contributed by atoms with Crippen molar-refractivity contribution in [2.24, 2.45) is 0 Å². The molecule has 7 nitrogen and oxygen atoms in total. The molecule has 0 saturated carbocycles. The number of methoxy groups -OCH3 is 1. The van der Waals surface area contributed by atoms with Gasteiger partial charge in [0.15, 0.2) is 0 Å². The highest BCUT2D eigenvalue weighted by atomic mass is 35.5. The lowest BCUT2D eigenvalue weighted by atomic mass is 10.1. The lowest BCUT2D eigenvalue weighted by Crippen LogP contribution is -2.41. The second kappa shape index (κ2) is 7.92. The van der Waals surface area contributed by atoms with Crippen LogP contribution >= 0.6 is 11.6 Å². The van der Waals surface area contributed by atoms with Crippen LogP contribution in [0.3, 0.4) is 0 Å². The fourth-order valence-electron chi connectivity index (χ4n) is 2.98. The molecule has 0 spiro atoms. The third-order valence-corrected chi connectivity index (χ3v) is 6.52. The fourth-order valence-corrected chi connectivity index (χ4v) is 4.80. The fraction of sp³-hybridized carbons (Fsp3) is 0.389. The third-order valence-electron chi connectivity index (χ3n) is 4.33. The quantitative estimate of drug-likeness (QED) is 0.749. The predicted molar refractivity (Wildman–Crippen MR) is 100 cm³/mol. The van der Waals surface area contributed by atoms with E-state index in [4.69, 9.17) is 25.5 Å². The van der Waals surface area contributed by atoms with Gasteiger partial charge in [0.25, 0.3) is 0 Å². The summed E-state index contributed by atoms with van der Waals surface area (Å²) in [5.74, 6) is 1.33. The van der Waals surface area contributed by atoms with Gasteiger partial charge in [-0.25, -0.2) is 13.2 Å². The number of piperidine rings is 1. The van der Waals surface area contributed by atoms with Gasteiger partial charge in [0.05, 0.1) is 23.1 Å². The number of hydrogen-bond acceptors (Lipinski definition) is 6. The van der Waals surface area contributed by atoms with Crippen molar-refractivity contribution < 1.29 is 22.3 Å². The molecule has 1 aromatic carbocycles. The minimum absolute atomic E-state index is 0.129. The van der Waals surface area contributed by atoms with E-state index in [-0.39, 0.29) is 16.0 Å². The average molecular weight is 414 g/mol. The minimum atomic E-state index is -3.65. The topological polar surface area (TPSA) is 86.1 Å². The summed E-state index contributed by atoms with van der Waals surface area (Å²) in [4.78, 5) is 11.5. The highest BCUT2D eigenvalue weighted by molar-refractivity contribution is 7.89. The first-order chi connectivity index (χ1) is 12.8. The van der Waals surface area contributed by atoms with E-state index >= 15 is 0 Å². The molecule has 1 aliphatic rings. The van der Waals surface area contributed by atoms with Gasteiger partial charge < -0.3 is 13.9 Å². The van der Waals surface area contributed by atoms with Gasteiger partial charge in [0, 0.05) is 19.2 Å². The van der Waals surface area contributed by atoms with Crippen molar-refractivity contribution in [2.75, 3.05) is 20.2 Å². The van der Waals surface area contributed by atoms with Crippen molar-refractivity contribution in [3.8, 4) is 11.5 Å². The molecule has 0 radical (unpaired) electrons. The largest absolute Gasteiger partial charge is 0.495 e. The van der Waals surface area contributed by atoms with Crippen molar-refractivity contribution in [1.29, 1.82) is 0 Å². The smallest absolute Gasteiger partial charge is 0.339 e. The van der Waals surface area contributed by atoms with Crippen LogP contribution in [0.1, 0.15) is 18.6 Å². The van der Waals surface area contributed by atoms with Gasteiger partial charge in [-0.1, -0.05) is 11.6 Å². The van der Waals surface area contributed by atoms with Gasteiger partial charge in [-0.15, -0.1) is 0 Å². The Balaban J connectivity index is 1.67. The number of rotatable bonds is 5. The summed E-state index contributed by atoms with van der Waals surface area (Å²) in [7, 11) is -2.18. The molecular formula is C18H20ClNO6S. The Morgan fingerprint density at radius 1 is 1.19 bits per heavy atom. The van der Waals surface area contributed by atoms with E-state index in [2.05, 4.69) is 0 Å². The van der Waals surface area contributed by atoms with Crippen LogP contribution in [0.4, 0.5) is 0 Å². The SMILES string of the molecule is COc1ccc(S(=O)(=O)N2CCC(Oc3cc(C)oc(=O)c3)CC2)cc1Cl. The van der Waals surface area contributed by atoms with Gasteiger partial charge in [-0.3, -0.25) is 0 Å². The zero-order chi connectivity index (χ0) is 19.6. The van der Waals surface area contributed by atoms with Crippen molar-refractivity contribution >= 4 is 21.6 Å². The molecule has 2 heterocycles. The Kier molecular flexibility index (Phi) is 5.78. The number of benzene rings is 1. The summed E-state index contributed by atoms with van der Waals surface area (Å²) < 4.78 is 42.8. The first-order valence-corrected chi connectivity index (χ1v) is 10.2. The highest BCUT2D eigenvalue weighted by Crippen LogP contribution is 2.30. The molecular weight excluding hydrogens is 394 g/mol. The third kappa shape index (κ3) is 4.45. The molecule has 1 saturated heterocycles. The maximum absolute atomic E-state index is 12.8. The molecule has 0 atom stereocenters. The van der Waals surface area contributed by atoms with E-state index in [1.165, 1.54) is 35.7 Å². The van der Waals surface area contributed by atoms with Crippen molar-refractivity contribution in [2.45, 2.75) is 30.8 Å². The zero-order valence-corrected chi connectivity index (χ0v) is 16.5. The van der Waals surface area contributed by atoms with Crippen LogP contribution in [0.25, 0.3) is 0 Å². The van der Waals surface area contributed by atoms with E-state index in [0.717, 1.165) is 0 Å². The molecule has 146 valence electrons. The molecule has 9 heteroatoms. The Labute approximate surface area is 162 Å². The molecule has 1 fully saturated rings. The van der Waals surface area contributed by atoms with Crippen LogP contribution < -0.4 is 15.1 Å². The second-order valence-electron chi connectivity index (χ2n) is 6.24. The average Bonchev–Trinajstić information content (AvgIpc) is 2.61. The van der Waals surface area contributed by atoms with Gasteiger partial charge in [0.1, 0.15) is 23.4 Å². The molecule has 0 bridgehead atoms. The number of hydrogen-bond donors (Lipinski definition) is 0. The summed E-state index contributed by atoms with van der Waals surface area (Å²) in [6, 6.07) is 7.34. The first-order valence-electron chi connectivity index (χ1n) is 8.42. The zero-order valence-electron chi connectivity index (χ0n) is 15.0. The molecule has 2 aromatic rings. The minimum Gasteiger partial charge on any atom is -0.495 e. The molecule has 1 aromatic heterocycles. The monoisotopic (exact) mass is 413 g/mol. The number of sulfonamides is 1. The van der Waals surface area contributed by atoms with Crippen LogP contribution in [-0.2, 0) is 10.0 Å². The molecule has 0 amide bonds. The Morgan fingerprint density at radius 2 is 1.89 bits per heavy atom. The second-order valence-corrected chi connectivity index (χ2v) is 8.59. The van der Waals surface area contributed by atoms with Crippen LogP contribution in [0, 0.1) is 6.92 Å². The summed E-state index contributed by atoms with van der Waals surface area (Å²) in [5, 5.41) is 0.245. The normalized spacial score (nSPS) is 16.3. The van der Waals surface area contributed by atoms with Crippen molar-refractivity contribution in [1.82, 2.24) is 4.31 Å². The Hall–Kier alpha value is -2.03. The maximum atomic E-state index is 12.8. The predicted octanol–water partition coefficient (Wildman–Crippen LogP) is 2.84. The number of ether oxygens (including phenoxy) is 2. The summed E-state index contributed by atoms with van der Waals surface area (Å²) in [5.41, 5.74) is -0.471. The van der Waals surface area contributed by atoms with Crippen LogP contribution in [0.2, 0.25) is 5.02 Å². The molecule has 27 heavy (non-hydrogen) atoms. The number of nitrogens with zero attached hydrogens (tertiary/aromatic N) is 1. The van der Waals surface area contributed by atoms with Crippen LogP contribution in [0.15, 0.2) is 44.4 Å². The van der Waals surface area contributed by atoms with Gasteiger partial charge in [-0.2, -0.15) is 4.31 Å². The van der Waals surface area contributed by atoms with E-state index in [1.54, 1.807) is 13.0 Å². The lowest BCUT2D eigenvalue weighted by molar-refractivity contribution is 0.134. The summed E-state index contributed by atoms with van der Waals surface area (Å²) >= 11 is 6.05. The number of halogens is 1. The summed E-state index contributed by atoms with van der Waals surface area (Å²) in [6.07, 6.45) is 0.863. The van der Waals surface area contributed by atoms with E-state index in [0.29, 0.717) is 43.2 Å². The van der Waals surface area contributed by atoms with Gasteiger partial charge >= 0.3 is 5.63 Å². The molecule has 0 aliphatic carbocycles. The molecule has 3 rings (SSSR count). The van der Waals surface area contributed by atoms with Gasteiger partial charge in [0.2, 0.25) is 10.0 Å². The maximum Gasteiger partial charge on any atom is 0.339 e. The van der Waals surface area contributed by atoms with E-state index in [1.807, 2.05) is 0 Å².